The summed E-state index contributed by atoms with van der Waals surface area (Å²) in [6.07, 6.45) is 1.46. The lowest BCUT2D eigenvalue weighted by Crippen LogP contribution is -2.42. The van der Waals surface area contributed by atoms with Crippen molar-refractivity contribution in [2.24, 2.45) is 5.73 Å². The van der Waals surface area contributed by atoms with E-state index in [-0.39, 0.29) is 5.91 Å². The summed E-state index contributed by atoms with van der Waals surface area (Å²) in [6.45, 7) is 2.57. The molecule has 0 aromatic heterocycles. The third kappa shape index (κ3) is 8.45. The molecule has 0 fully saturated rings. The lowest BCUT2D eigenvalue weighted by Gasteiger charge is -2.13. The molecule has 0 spiro atoms. The fourth-order valence-corrected chi connectivity index (χ4v) is 1.82. The quantitative estimate of drug-likeness (QED) is 0.621. The predicted octanol–water partition coefficient (Wildman–Crippen LogP) is 0.641. The van der Waals surface area contributed by atoms with Gasteiger partial charge in [-0.3, -0.25) is 4.79 Å². The summed E-state index contributed by atoms with van der Waals surface area (Å²) in [5.74, 6) is -0.109. The molecule has 1 atom stereocenters. The average molecular weight is 293 g/mol. The molecule has 0 saturated carbocycles. The van der Waals surface area contributed by atoms with Gasteiger partial charge in [-0.1, -0.05) is 30.3 Å². The summed E-state index contributed by atoms with van der Waals surface area (Å²) >= 11 is 0. The van der Waals surface area contributed by atoms with Gasteiger partial charge in [-0.15, -0.1) is 0 Å². The van der Waals surface area contributed by atoms with Crippen molar-refractivity contribution in [2.75, 3.05) is 40.4 Å². The second kappa shape index (κ2) is 10.3. The van der Waals surface area contributed by atoms with Crippen molar-refractivity contribution in [1.82, 2.24) is 10.2 Å². The van der Waals surface area contributed by atoms with Gasteiger partial charge in [-0.05, 0) is 32.5 Å². The Morgan fingerprint density at radius 2 is 2.00 bits per heavy atom. The summed E-state index contributed by atoms with van der Waals surface area (Å²) in [5.41, 5.74) is 7.09. The van der Waals surface area contributed by atoms with Gasteiger partial charge in [0.2, 0.25) is 5.91 Å². The number of likely N-dealkylation sites (N-methyl/N-ethyl adjacent to an activating group) is 1. The van der Waals surface area contributed by atoms with Crippen LogP contribution in [-0.2, 0) is 16.0 Å². The van der Waals surface area contributed by atoms with Crippen LogP contribution in [0.2, 0.25) is 0 Å². The molecule has 1 rings (SSSR count). The maximum atomic E-state index is 11.8. The summed E-state index contributed by atoms with van der Waals surface area (Å²) in [7, 11) is 3.99. The standard InChI is InChI=1S/C16H27N3O2/c1-19(2)11-13-21-12-10-18-16(20)15(17)9-8-14-6-4-3-5-7-14/h3-7,15H,8-13,17H2,1-2H3,(H,18,20). The normalized spacial score (nSPS) is 12.4. The Bertz CT molecular complexity index is 396. The highest BCUT2D eigenvalue weighted by Crippen LogP contribution is 2.03. The highest BCUT2D eigenvalue weighted by Gasteiger charge is 2.12. The fourth-order valence-electron chi connectivity index (χ4n) is 1.82. The minimum atomic E-state index is -0.466. The Hall–Kier alpha value is -1.43. The van der Waals surface area contributed by atoms with Crippen LogP contribution in [0.4, 0.5) is 0 Å². The first-order chi connectivity index (χ1) is 10.1. The minimum Gasteiger partial charge on any atom is -0.378 e. The van der Waals surface area contributed by atoms with Crippen molar-refractivity contribution in [3.63, 3.8) is 0 Å². The Morgan fingerprint density at radius 1 is 1.29 bits per heavy atom. The molecule has 0 aliphatic rings. The number of carbonyl (C=O) groups is 1. The SMILES string of the molecule is CN(C)CCOCCNC(=O)C(N)CCc1ccccc1. The fraction of sp³-hybridized carbons (Fsp3) is 0.562. The van der Waals surface area contributed by atoms with Crippen LogP contribution in [0.15, 0.2) is 30.3 Å². The van der Waals surface area contributed by atoms with Gasteiger partial charge in [0.25, 0.3) is 0 Å². The molecule has 5 heteroatoms. The van der Waals surface area contributed by atoms with Gasteiger partial charge in [0.15, 0.2) is 0 Å². The lowest BCUT2D eigenvalue weighted by molar-refractivity contribution is -0.122. The molecule has 5 nitrogen and oxygen atoms in total. The maximum Gasteiger partial charge on any atom is 0.237 e. The maximum absolute atomic E-state index is 11.8. The highest BCUT2D eigenvalue weighted by atomic mass is 16.5. The Morgan fingerprint density at radius 3 is 2.67 bits per heavy atom. The first-order valence-electron chi connectivity index (χ1n) is 7.39. The number of ether oxygens (including phenoxy) is 1. The van der Waals surface area contributed by atoms with E-state index in [0.717, 1.165) is 13.0 Å². The molecule has 1 amide bonds. The third-order valence-electron chi connectivity index (χ3n) is 3.15. The van der Waals surface area contributed by atoms with Crippen LogP contribution < -0.4 is 11.1 Å². The van der Waals surface area contributed by atoms with Crippen LogP contribution in [0, 0.1) is 0 Å². The molecule has 0 aliphatic heterocycles. The largest absolute Gasteiger partial charge is 0.378 e. The number of aryl methyl sites for hydroxylation is 1. The molecule has 3 N–H and O–H groups in total. The van der Waals surface area contributed by atoms with Gasteiger partial charge in [-0.25, -0.2) is 0 Å². The third-order valence-corrected chi connectivity index (χ3v) is 3.15. The summed E-state index contributed by atoms with van der Waals surface area (Å²) in [6, 6.07) is 9.59. The van der Waals surface area contributed by atoms with E-state index in [2.05, 4.69) is 10.2 Å². The topological polar surface area (TPSA) is 67.6 Å². The van der Waals surface area contributed by atoms with Gasteiger partial charge in [0, 0.05) is 13.1 Å². The second-order valence-electron chi connectivity index (χ2n) is 5.34. The van der Waals surface area contributed by atoms with Crippen LogP contribution in [0.25, 0.3) is 0 Å². The van der Waals surface area contributed by atoms with Gasteiger partial charge in [0.05, 0.1) is 19.3 Å². The number of rotatable bonds is 10. The minimum absolute atomic E-state index is 0.109. The number of amides is 1. The van der Waals surface area contributed by atoms with Crippen molar-refractivity contribution in [2.45, 2.75) is 18.9 Å². The van der Waals surface area contributed by atoms with E-state index < -0.39 is 6.04 Å². The molecular weight excluding hydrogens is 266 g/mol. The number of hydrogen-bond donors (Lipinski definition) is 2. The van der Waals surface area contributed by atoms with E-state index in [1.54, 1.807) is 0 Å². The summed E-state index contributed by atoms with van der Waals surface area (Å²) < 4.78 is 5.41. The Kier molecular flexibility index (Phi) is 8.66. The number of nitrogens with one attached hydrogen (secondary N) is 1. The second-order valence-corrected chi connectivity index (χ2v) is 5.34. The molecule has 1 unspecified atom stereocenters. The zero-order valence-electron chi connectivity index (χ0n) is 13.0. The van der Waals surface area contributed by atoms with E-state index in [4.69, 9.17) is 10.5 Å². The number of nitrogens with zero attached hydrogens (tertiary/aromatic N) is 1. The van der Waals surface area contributed by atoms with E-state index in [9.17, 15) is 4.79 Å². The van der Waals surface area contributed by atoms with Crippen molar-refractivity contribution in [1.29, 1.82) is 0 Å². The predicted molar refractivity (Wildman–Crippen MR) is 85.1 cm³/mol. The highest BCUT2D eigenvalue weighted by molar-refractivity contribution is 5.81. The van der Waals surface area contributed by atoms with Gasteiger partial charge < -0.3 is 20.7 Å². The lowest BCUT2D eigenvalue weighted by atomic mass is 10.1. The first-order valence-corrected chi connectivity index (χ1v) is 7.39. The van der Waals surface area contributed by atoms with E-state index in [0.29, 0.717) is 26.2 Å². The van der Waals surface area contributed by atoms with Crippen LogP contribution >= 0.6 is 0 Å². The molecule has 118 valence electrons. The summed E-state index contributed by atoms with van der Waals surface area (Å²) in [4.78, 5) is 13.9. The molecule has 0 heterocycles. The molecule has 1 aromatic carbocycles. The molecule has 1 aromatic rings. The molecular formula is C16H27N3O2. The van der Waals surface area contributed by atoms with Gasteiger partial charge in [0.1, 0.15) is 0 Å². The molecule has 0 bridgehead atoms. The zero-order valence-corrected chi connectivity index (χ0v) is 13.0. The van der Waals surface area contributed by atoms with Crippen molar-refractivity contribution >= 4 is 5.91 Å². The number of nitrogens with two attached hydrogens (primary N) is 1. The molecule has 0 saturated heterocycles. The van der Waals surface area contributed by atoms with Crippen molar-refractivity contribution in [3.8, 4) is 0 Å². The molecule has 21 heavy (non-hydrogen) atoms. The van der Waals surface area contributed by atoms with E-state index in [1.807, 2.05) is 44.4 Å². The van der Waals surface area contributed by atoms with E-state index >= 15 is 0 Å². The monoisotopic (exact) mass is 293 g/mol. The average Bonchev–Trinajstić information content (AvgIpc) is 2.48. The van der Waals surface area contributed by atoms with Crippen molar-refractivity contribution in [3.05, 3.63) is 35.9 Å². The van der Waals surface area contributed by atoms with Crippen molar-refractivity contribution < 1.29 is 9.53 Å². The van der Waals surface area contributed by atoms with Gasteiger partial charge >= 0.3 is 0 Å². The number of carbonyl (C=O) groups excluding carboxylic acids is 1. The number of benzene rings is 1. The van der Waals surface area contributed by atoms with Crippen LogP contribution in [-0.4, -0.2) is 57.2 Å². The molecule has 0 aliphatic carbocycles. The summed E-state index contributed by atoms with van der Waals surface area (Å²) in [5, 5.41) is 2.80. The number of hydrogen-bond acceptors (Lipinski definition) is 4. The van der Waals surface area contributed by atoms with E-state index in [1.165, 1.54) is 5.56 Å². The Balaban J connectivity index is 2.08. The van der Waals surface area contributed by atoms with Crippen LogP contribution in [0.3, 0.4) is 0 Å². The smallest absolute Gasteiger partial charge is 0.237 e. The first kappa shape index (κ1) is 17.6. The van der Waals surface area contributed by atoms with Crippen LogP contribution in [0.1, 0.15) is 12.0 Å². The van der Waals surface area contributed by atoms with Crippen LogP contribution in [0.5, 0.6) is 0 Å². The van der Waals surface area contributed by atoms with Gasteiger partial charge in [-0.2, -0.15) is 0 Å². The Labute approximate surface area is 127 Å². The zero-order chi connectivity index (χ0) is 15.5. The molecule has 0 radical (unpaired) electrons.